The molecule has 1 aliphatic carbocycles. The van der Waals surface area contributed by atoms with E-state index in [9.17, 15) is 88.8 Å². The van der Waals surface area contributed by atoms with Gasteiger partial charge in [-0.3, -0.25) is 41.9 Å². The van der Waals surface area contributed by atoms with Crippen molar-refractivity contribution in [1.82, 2.24) is 15.7 Å². The maximum atomic E-state index is 14.9. The number of carbonyl (C=O) groups excluding carboxylic acids is 5. The Kier molecular flexibility index (Phi) is 19.3. The molecule has 0 radical (unpaired) electrons. The van der Waals surface area contributed by atoms with Gasteiger partial charge in [0, 0.05) is 79.8 Å². The number of nitrogens with one attached hydrogen (secondary N) is 2. The number of anilines is 1. The number of hydrogen-bond acceptors (Lipinski definition) is 17. The summed E-state index contributed by atoms with van der Waals surface area (Å²) in [7, 11) is -23.0. The fourth-order valence-corrected chi connectivity index (χ4v) is 12.6. The second-order valence-electron chi connectivity index (χ2n) is 21.0. The quantitative estimate of drug-likeness (QED) is 0.0246. The fourth-order valence-electron chi connectivity index (χ4n) is 10.2. The van der Waals surface area contributed by atoms with Crippen LogP contribution in [-0.4, -0.2) is 153 Å². The van der Waals surface area contributed by atoms with Gasteiger partial charge in [-0.05, 0) is 99.1 Å². The van der Waals surface area contributed by atoms with Crippen molar-refractivity contribution >= 4 is 97.3 Å². The third-order valence-electron chi connectivity index (χ3n) is 14.2. The van der Waals surface area contributed by atoms with E-state index in [0.29, 0.717) is 45.4 Å². The molecule has 1 saturated heterocycles. The van der Waals surface area contributed by atoms with Gasteiger partial charge in [-0.2, -0.15) is 46.7 Å². The number of hydroxylamine groups is 2. The molecule has 4 amide bonds. The summed E-state index contributed by atoms with van der Waals surface area (Å²) < 4.78 is 171. The van der Waals surface area contributed by atoms with Gasteiger partial charge in [-0.15, -0.1) is 5.06 Å². The van der Waals surface area contributed by atoms with Crippen molar-refractivity contribution in [3.8, 4) is 0 Å². The molecule has 7 N–H and O–H groups in total. The number of hydrogen-bond donors (Lipinski definition) is 7. The van der Waals surface area contributed by atoms with Gasteiger partial charge in [0.2, 0.25) is 17.5 Å². The van der Waals surface area contributed by atoms with Crippen LogP contribution in [-0.2, 0) is 90.2 Å². The number of fused-ring (bicyclic) bond motifs is 2. The van der Waals surface area contributed by atoms with Crippen LogP contribution in [0.1, 0.15) is 103 Å². The molecule has 1 unspecified atom stereocenters. The molecule has 6 rings (SSSR count). The topological polar surface area (TPSA) is 400 Å². The van der Waals surface area contributed by atoms with E-state index in [2.05, 4.69) is 10.6 Å². The van der Waals surface area contributed by atoms with E-state index in [-0.39, 0.29) is 75.7 Å². The fraction of sp³-hybridized carbons (Fsp3) is 0.480. The molecule has 2 aromatic carbocycles. The van der Waals surface area contributed by atoms with E-state index in [1.54, 1.807) is 67.6 Å². The van der Waals surface area contributed by atoms with E-state index < -0.39 is 143 Å². The van der Waals surface area contributed by atoms with E-state index in [1.165, 1.54) is 24.3 Å². The van der Waals surface area contributed by atoms with E-state index >= 15 is 0 Å². The zero-order valence-electron chi connectivity index (χ0n) is 44.5. The minimum absolute atomic E-state index is 0.0506. The third kappa shape index (κ3) is 16.0. The highest BCUT2D eigenvalue weighted by Crippen LogP contribution is 2.49. The van der Waals surface area contributed by atoms with Gasteiger partial charge in [0.1, 0.15) is 12.0 Å². The zero-order valence-corrected chi connectivity index (χ0v) is 48.6. The van der Waals surface area contributed by atoms with Crippen molar-refractivity contribution in [3.05, 3.63) is 94.7 Å². The summed E-state index contributed by atoms with van der Waals surface area (Å²) in [5.74, 6) is -6.26. The van der Waals surface area contributed by atoms with Crippen molar-refractivity contribution in [2.24, 2.45) is 5.41 Å². The average molecular weight is 1230 g/mol. The molecule has 26 nitrogen and oxygen atoms in total. The summed E-state index contributed by atoms with van der Waals surface area (Å²) in [6, 6.07) is 7.64. The van der Waals surface area contributed by atoms with Crippen molar-refractivity contribution in [2.45, 2.75) is 113 Å². The molecule has 444 valence electrons. The predicted molar refractivity (Wildman–Crippen MR) is 291 cm³/mol. The number of nitrogens with zero attached hydrogens (tertiary/aromatic N) is 3. The minimum atomic E-state index is -4.72. The highest BCUT2D eigenvalue weighted by Gasteiger charge is 2.49. The zero-order chi connectivity index (χ0) is 60.3. The molecule has 0 spiro atoms. The SMILES string of the molecule is CC1(C)C(/C=C/C2=CC(=C/C=C3/N(CCCS(=O)(=O)O)c4ccc(S(=O)(=O)O)cc4C3(C)C)/CC(C(=O)NCCCCCC(=O)ON3C(=O)CCC3=O)(C(=O)NCCS(=O)(=O)O)C2)=[N+](CCCS(=O)(=O)O)c2ccc(S(=O)(=O)O)cc21. The first-order chi connectivity index (χ1) is 37.3. The van der Waals surface area contributed by atoms with Crippen LogP contribution in [0.4, 0.5) is 11.4 Å². The molecular weight excluding hydrogens is 1170 g/mol. The Labute approximate surface area is 469 Å². The molecule has 1 fully saturated rings. The smallest absolute Gasteiger partial charge is 0.333 e. The van der Waals surface area contributed by atoms with Crippen LogP contribution >= 0.6 is 0 Å². The first kappa shape index (κ1) is 64.1. The maximum Gasteiger partial charge on any atom is 0.333 e. The van der Waals surface area contributed by atoms with E-state index in [1.807, 2.05) is 0 Å². The van der Waals surface area contributed by atoms with E-state index in [4.69, 9.17) is 4.84 Å². The van der Waals surface area contributed by atoms with Gasteiger partial charge in [0.15, 0.2) is 5.71 Å². The van der Waals surface area contributed by atoms with Crippen LogP contribution in [0, 0.1) is 5.41 Å². The molecule has 0 saturated carbocycles. The lowest BCUT2D eigenvalue weighted by Crippen LogP contribution is -2.53. The Hall–Kier alpha value is -6.03. The minimum Gasteiger partial charge on any atom is -0.355 e. The first-order valence-corrected chi connectivity index (χ1v) is 33.0. The van der Waals surface area contributed by atoms with Crippen molar-refractivity contribution in [3.63, 3.8) is 0 Å². The lowest BCUT2D eigenvalue weighted by Gasteiger charge is -2.35. The van der Waals surface area contributed by atoms with Crippen molar-refractivity contribution in [2.75, 3.05) is 48.3 Å². The number of carbonyl (C=O) groups is 5. The number of benzene rings is 2. The largest absolute Gasteiger partial charge is 0.355 e. The van der Waals surface area contributed by atoms with Gasteiger partial charge in [0.25, 0.3) is 62.4 Å². The van der Waals surface area contributed by atoms with Gasteiger partial charge in [-0.25, -0.2) is 4.79 Å². The number of imide groups is 1. The van der Waals surface area contributed by atoms with Crippen LogP contribution in [0.5, 0.6) is 0 Å². The lowest BCUT2D eigenvalue weighted by atomic mass is 9.70. The van der Waals surface area contributed by atoms with E-state index in [0.717, 1.165) is 12.1 Å². The molecule has 3 aliphatic heterocycles. The molecule has 0 aromatic heterocycles. The number of unbranched alkanes of at least 4 members (excludes halogenated alkanes) is 2. The molecule has 0 bridgehead atoms. The van der Waals surface area contributed by atoms with Crippen LogP contribution in [0.2, 0.25) is 0 Å². The van der Waals surface area contributed by atoms with Crippen LogP contribution in [0.15, 0.2) is 93.4 Å². The molecule has 1 atom stereocenters. The molecular formula is C50H64N5O21S5+. The first-order valence-electron chi connectivity index (χ1n) is 25.3. The summed E-state index contributed by atoms with van der Waals surface area (Å²) in [5, 5.41) is 5.65. The highest BCUT2D eigenvalue weighted by atomic mass is 32.2. The number of rotatable bonds is 25. The standard InChI is InChI=1S/C50H63N5O21S5/c1-48(2)37-29-35(80(70,71)72)13-15-39(37)53(23-8-25-77(61,62)63)41(48)17-11-33-28-34(12-18-42-49(3,4)38-30-36(81(73,74)75)14-16-40(38)54(42)24-9-26-78(64,65)66)32-50(31-33,47(60)52-22-27-79(67,68)69)46(59)51-21-7-5-6-10-45(58)76-55-43(56)19-20-44(55)57/h11-18,28-30H,5-10,19-27,31-32H2,1-4H3,(H6-,51,52,59,60,61,62,63,64,65,66,67,68,69,70,71,72,73,74,75)/p+1. The lowest BCUT2D eigenvalue weighted by molar-refractivity contribution is -0.437. The van der Waals surface area contributed by atoms with Crippen LogP contribution in [0.3, 0.4) is 0 Å². The van der Waals surface area contributed by atoms with Gasteiger partial charge >= 0.3 is 5.97 Å². The molecule has 4 aliphatic rings. The molecule has 31 heteroatoms. The predicted octanol–water partition coefficient (Wildman–Crippen LogP) is 3.27. The second-order valence-corrected chi connectivity index (χ2v) is 28.5. The van der Waals surface area contributed by atoms with Crippen molar-refractivity contribution in [1.29, 1.82) is 0 Å². The summed E-state index contributed by atoms with van der Waals surface area (Å²) in [4.78, 5) is 71.6. The maximum absolute atomic E-state index is 14.9. The Morgan fingerprint density at radius 1 is 0.654 bits per heavy atom. The second kappa shape index (κ2) is 24.4. The normalized spacial score (nSPS) is 20.3. The van der Waals surface area contributed by atoms with Crippen LogP contribution in [0.25, 0.3) is 0 Å². The number of allylic oxidation sites excluding steroid dienone is 8. The average Bonchev–Trinajstić information content (AvgIpc) is 3.80. The molecule has 2 aromatic rings. The molecule has 81 heavy (non-hydrogen) atoms. The number of amides is 4. The highest BCUT2D eigenvalue weighted by molar-refractivity contribution is 7.86. The summed E-state index contributed by atoms with van der Waals surface area (Å²) in [6.07, 6.45) is 7.19. The Bertz CT molecular complexity index is 3640. The van der Waals surface area contributed by atoms with Gasteiger partial charge in [-0.1, -0.05) is 38.5 Å². The van der Waals surface area contributed by atoms with Crippen LogP contribution < -0.4 is 15.5 Å². The Morgan fingerprint density at radius 2 is 1.22 bits per heavy atom. The Morgan fingerprint density at radius 3 is 1.81 bits per heavy atom. The summed E-state index contributed by atoms with van der Waals surface area (Å²) in [5.41, 5.74) is -1.37. The summed E-state index contributed by atoms with van der Waals surface area (Å²) in [6.45, 7) is 6.03. The monoisotopic (exact) mass is 1230 g/mol. The summed E-state index contributed by atoms with van der Waals surface area (Å²) >= 11 is 0. The van der Waals surface area contributed by atoms with Crippen molar-refractivity contribution < 1.29 is 98.2 Å². The van der Waals surface area contributed by atoms with Gasteiger partial charge < -0.3 is 20.4 Å². The van der Waals surface area contributed by atoms with Gasteiger partial charge in [0.05, 0.1) is 32.5 Å². The molecule has 3 heterocycles. The Balaban J connectivity index is 1.46. The third-order valence-corrected chi connectivity index (χ3v) is 18.3.